The van der Waals surface area contributed by atoms with Crippen LogP contribution in [0.1, 0.15) is 0 Å². The van der Waals surface area contributed by atoms with Crippen LogP contribution in [0, 0.1) is 0 Å². The van der Waals surface area contributed by atoms with Crippen molar-refractivity contribution in [1.82, 2.24) is 0 Å². The second-order valence-electron chi connectivity index (χ2n) is 33.0. The van der Waals surface area contributed by atoms with Crippen LogP contribution < -0.4 is 24.5 Å². The lowest BCUT2D eigenvalue weighted by Gasteiger charge is -2.23. The Kier molecular flexibility index (Phi) is 26.9. The quantitative estimate of drug-likeness (QED) is 0.0900. The Morgan fingerprint density at radius 2 is 0.348 bits per heavy atom. The summed E-state index contributed by atoms with van der Waals surface area (Å²) >= 11 is 0. The zero-order chi connectivity index (χ0) is 89.7. The molecule has 22 rings (SSSR count). The summed E-state index contributed by atoms with van der Waals surface area (Å²) in [5.41, 5.74) is 29.3. The number of nitrogens with zero attached hydrogens (tertiary/aromatic N) is 5. The maximum atomic E-state index is 2.27. The molecule has 0 aliphatic heterocycles. The molecule has 0 N–H and O–H groups in total. The molecule has 22 aromatic rings. The molecular formula is C127H103N5. The van der Waals surface area contributed by atoms with Crippen molar-refractivity contribution in [2.24, 2.45) is 0 Å². The van der Waals surface area contributed by atoms with Gasteiger partial charge in [-0.25, -0.2) is 0 Å². The molecule has 0 aromatic heterocycles. The lowest BCUT2D eigenvalue weighted by Crippen LogP contribution is -2.10. The van der Waals surface area contributed by atoms with Crippen molar-refractivity contribution in [3.8, 4) is 77.9 Å². The average molecular weight is 1700 g/mol. The van der Waals surface area contributed by atoms with E-state index in [1.54, 1.807) is 0 Å². The maximum absolute atomic E-state index is 2.27. The molecule has 5 heteroatoms. The highest BCUT2D eigenvalue weighted by atomic mass is 15.1. The van der Waals surface area contributed by atoms with Gasteiger partial charge in [-0.2, -0.15) is 0 Å². The van der Waals surface area contributed by atoms with Crippen LogP contribution in [0.3, 0.4) is 0 Å². The number of rotatable bonds is 17. The molecule has 0 unspecified atom stereocenters. The number of para-hydroxylation sites is 5. The van der Waals surface area contributed by atoms with Gasteiger partial charge in [0.25, 0.3) is 0 Å². The first-order valence-electron chi connectivity index (χ1n) is 45.1. The van der Waals surface area contributed by atoms with Gasteiger partial charge in [-0.15, -0.1) is 0 Å². The number of hydrogen-bond acceptors (Lipinski definition) is 5. The largest absolute Gasteiger partial charge is 0.345 e. The second-order valence-corrected chi connectivity index (χ2v) is 33.0. The fourth-order valence-electron chi connectivity index (χ4n) is 17.5. The summed E-state index contributed by atoms with van der Waals surface area (Å²) in [6.45, 7) is 0. The molecule has 0 saturated carbocycles. The van der Waals surface area contributed by atoms with Crippen molar-refractivity contribution in [3.05, 3.63) is 534 Å². The Morgan fingerprint density at radius 1 is 0.114 bits per heavy atom. The van der Waals surface area contributed by atoms with E-state index in [-0.39, 0.29) is 0 Å². The Balaban J connectivity index is 0.000000111. The Hall–Kier alpha value is -16.9. The van der Waals surface area contributed by atoms with E-state index in [0.29, 0.717) is 0 Å². The lowest BCUT2D eigenvalue weighted by molar-refractivity contribution is 1.21. The van der Waals surface area contributed by atoms with Crippen molar-refractivity contribution < 1.29 is 0 Å². The first-order chi connectivity index (χ1) is 65.1. The van der Waals surface area contributed by atoms with Crippen LogP contribution in [0.4, 0.5) is 56.9 Å². The molecule has 0 saturated heterocycles. The summed E-state index contributed by atoms with van der Waals surface area (Å²) < 4.78 is 0. The molecule has 0 heterocycles. The predicted molar refractivity (Wildman–Crippen MR) is 570 cm³/mol. The van der Waals surface area contributed by atoms with E-state index >= 15 is 0 Å². The third-order valence-corrected chi connectivity index (χ3v) is 24.8. The second kappa shape index (κ2) is 41.3. The first kappa shape index (κ1) is 85.9. The topological polar surface area (TPSA) is 16.2 Å². The molecule has 5 nitrogen and oxygen atoms in total. The van der Waals surface area contributed by atoms with E-state index in [1.165, 1.54) is 189 Å². The van der Waals surface area contributed by atoms with Gasteiger partial charge in [0.2, 0.25) is 0 Å². The van der Waals surface area contributed by atoms with Crippen molar-refractivity contribution >= 4 is 111 Å². The Bertz CT molecular complexity index is 7550. The van der Waals surface area contributed by atoms with Crippen LogP contribution in [0.15, 0.2) is 534 Å². The minimum absolute atomic E-state index is 1.17. The summed E-state index contributed by atoms with van der Waals surface area (Å²) in [5, 5.41) is 12.8. The molecule has 0 fully saturated rings. The van der Waals surface area contributed by atoms with E-state index in [1.807, 2.05) is 24.3 Å². The highest BCUT2D eigenvalue weighted by Gasteiger charge is 2.17. The van der Waals surface area contributed by atoms with Gasteiger partial charge >= 0.3 is 0 Å². The van der Waals surface area contributed by atoms with Gasteiger partial charge in [-0.3, -0.25) is 0 Å². The lowest BCUT2D eigenvalue weighted by atomic mass is 9.96. The monoisotopic (exact) mass is 1700 g/mol. The normalized spacial score (nSPS) is 10.8. The zero-order valence-electron chi connectivity index (χ0n) is 75.0. The molecular weight excluding hydrogens is 1600 g/mol. The molecule has 22 aromatic carbocycles. The van der Waals surface area contributed by atoms with Gasteiger partial charge in [0, 0.05) is 103 Å². The molecule has 0 aliphatic rings. The minimum atomic E-state index is 1.17. The highest BCUT2D eigenvalue weighted by molar-refractivity contribution is 6.02. The Morgan fingerprint density at radius 3 is 0.788 bits per heavy atom. The average Bonchev–Trinajstić information content (AvgIpc) is 0.795. The van der Waals surface area contributed by atoms with Crippen LogP contribution in [0.25, 0.3) is 132 Å². The van der Waals surface area contributed by atoms with E-state index in [0.717, 1.165) is 0 Å². The maximum Gasteiger partial charge on any atom is 0.0487 e. The van der Waals surface area contributed by atoms with Gasteiger partial charge in [0.1, 0.15) is 0 Å². The summed E-state index contributed by atoms with van der Waals surface area (Å²) in [6, 6.07) is 189. The SMILES string of the molecule is CN(c1ccc(-c2cccc3ccccc23)cc1)c1cccc(-c2ccccc2)c1.CN(c1ccc(-c2ccccc2)cc1)c1ccc(-c2cccc3ccccc23)cc1.CN(c1ccccc1)c1cccc(-c2ccc3ccccc3c2)c1.CN(c1ccccc1)c1ccccc1-c1ccc2ccccc2c1.CN(c1ccccc1)c1ccccc1-c1cccc2ccccc12. The smallest absolute Gasteiger partial charge is 0.0487 e. The van der Waals surface area contributed by atoms with Gasteiger partial charge in [-0.05, 0) is 242 Å². The van der Waals surface area contributed by atoms with Gasteiger partial charge < -0.3 is 24.5 Å². The fourth-order valence-corrected chi connectivity index (χ4v) is 17.5. The number of benzene rings is 22. The van der Waals surface area contributed by atoms with Gasteiger partial charge in [-0.1, -0.05) is 413 Å². The number of hydrogen-bond donors (Lipinski definition) is 0. The van der Waals surface area contributed by atoms with E-state index in [2.05, 4.69) is 569 Å². The van der Waals surface area contributed by atoms with Gasteiger partial charge in [0.15, 0.2) is 0 Å². The number of fused-ring (bicyclic) bond motifs is 5. The third-order valence-electron chi connectivity index (χ3n) is 24.8. The van der Waals surface area contributed by atoms with Crippen molar-refractivity contribution in [3.63, 3.8) is 0 Å². The van der Waals surface area contributed by atoms with Crippen molar-refractivity contribution in [1.29, 1.82) is 0 Å². The minimum Gasteiger partial charge on any atom is -0.345 e. The molecule has 0 bridgehead atoms. The van der Waals surface area contributed by atoms with Crippen LogP contribution >= 0.6 is 0 Å². The van der Waals surface area contributed by atoms with Crippen LogP contribution in [-0.2, 0) is 0 Å². The first-order valence-corrected chi connectivity index (χ1v) is 45.1. The van der Waals surface area contributed by atoms with Crippen molar-refractivity contribution in [2.45, 2.75) is 0 Å². The standard InChI is InChI=1S/2C29H23N.3C23H19N/c1-30(27-14-7-13-25(21-27)22-9-3-2-4-10-22)26-19-17-24(18-20-26)29-16-8-12-23-11-5-6-15-28(23)29;1-30(26-18-14-23(15-19-26)22-8-3-2-4-9-22)27-20-16-25(17-21-27)29-13-7-11-24-10-5-6-12-28(24)29;1-24(19-12-3-2-4-13-19)23-17-8-7-15-22(23)21-16-9-11-18-10-5-6-14-20(18)21;1-24(21-11-3-2-4-12-21)23-14-8-7-13-22(23)20-16-15-18-9-5-6-10-19(18)17-20;1-24(22-11-3-2-4-12-22)23-13-7-10-20(17-23)21-15-14-18-8-5-6-9-19(18)16-21/h2*2-21H,1H3;3*2-17H,1H3. The van der Waals surface area contributed by atoms with E-state index in [4.69, 9.17) is 0 Å². The van der Waals surface area contributed by atoms with E-state index < -0.39 is 0 Å². The van der Waals surface area contributed by atoms with Crippen molar-refractivity contribution in [2.75, 3.05) is 59.7 Å². The fraction of sp³-hybridized carbons (Fsp3) is 0.0394. The molecule has 132 heavy (non-hydrogen) atoms. The molecule has 0 aliphatic carbocycles. The zero-order valence-corrected chi connectivity index (χ0v) is 75.0. The molecule has 0 atom stereocenters. The molecule has 0 spiro atoms. The molecule has 0 radical (unpaired) electrons. The van der Waals surface area contributed by atoms with Crippen LogP contribution in [0.5, 0.6) is 0 Å². The van der Waals surface area contributed by atoms with Crippen LogP contribution in [-0.4, -0.2) is 35.2 Å². The summed E-state index contributed by atoms with van der Waals surface area (Å²) in [5.74, 6) is 0. The van der Waals surface area contributed by atoms with Gasteiger partial charge in [0.05, 0.1) is 0 Å². The molecule has 0 amide bonds. The van der Waals surface area contributed by atoms with E-state index in [9.17, 15) is 0 Å². The van der Waals surface area contributed by atoms with Crippen LogP contribution in [0.2, 0.25) is 0 Å². The predicted octanol–water partition coefficient (Wildman–Crippen LogP) is 34.7. The highest BCUT2D eigenvalue weighted by Crippen LogP contribution is 2.42. The number of anilines is 10. The summed E-state index contributed by atoms with van der Waals surface area (Å²) in [7, 11) is 10.6. The Labute approximate surface area is 776 Å². The summed E-state index contributed by atoms with van der Waals surface area (Å²) in [4.78, 5) is 11.2. The summed E-state index contributed by atoms with van der Waals surface area (Å²) in [6.07, 6.45) is 0. The third kappa shape index (κ3) is 20.1. The molecule has 636 valence electrons.